The number of nitrogens with one attached hydrogen (secondary N) is 1. The molecule has 7 heteroatoms. The topological polar surface area (TPSA) is 59.6 Å². The molecule has 1 saturated heterocycles. The summed E-state index contributed by atoms with van der Waals surface area (Å²) in [6.07, 6.45) is 4.48. The van der Waals surface area contributed by atoms with Crippen molar-refractivity contribution in [3.05, 3.63) is 53.0 Å². The number of rotatable bonds is 9. The molecule has 3 heterocycles. The van der Waals surface area contributed by atoms with Crippen LogP contribution in [0.3, 0.4) is 0 Å². The molecule has 0 radical (unpaired) electrons. The molecule has 2 aromatic heterocycles. The van der Waals surface area contributed by atoms with E-state index < -0.39 is 0 Å². The van der Waals surface area contributed by atoms with E-state index in [9.17, 15) is 0 Å². The Hall–Kier alpha value is -2.35. The van der Waals surface area contributed by atoms with Crippen molar-refractivity contribution in [1.29, 1.82) is 0 Å². The van der Waals surface area contributed by atoms with Gasteiger partial charge in [0, 0.05) is 31.8 Å². The summed E-state index contributed by atoms with van der Waals surface area (Å²) >= 11 is 1.72. The summed E-state index contributed by atoms with van der Waals surface area (Å²) in [6.45, 7) is 3.36. The molecule has 0 amide bonds. The first-order chi connectivity index (χ1) is 14.3. The minimum atomic E-state index is 0.284. The fourth-order valence-electron chi connectivity index (χ4n) is 3.80. The summed E-state index contributed by atoms with van der Waals surface area (Å²) < 4.78 is 16.8. The molecule has 0 spiro atoms. The van der Waals surface area contributed by atoms with Crippen molar-refractivity contribution in [3.8, 4) is 22.1 Å². The lowest BCUT2D eigenvalue weighted by molar-refractivity contribution is 0.0679. The summed E-state index contributed by atoms with van der Waals surface area (Å²) in [6, 6.07) is 10.3. The van der Waals surface area contributed by atoms with E-state index >= 15 is 0 Å². The van der Waals surface area contributed by atoms with Crippen molar-refractivity contribution < 1.29 is 14.2 Å². The molecule has 154 valence electrons. The summed E-state index contributed by atoms with van der Waals surface area (Å²) in [7, 11) is 3.33. The third-order valence-corrected chi connectivity index (χ3v) is 6.11. The summed E-state index contributed by atoms with van der Waals surface area (Å²) in [5.74, 6) is 1.50. The Labute approximate surface area is 175 Å². The summed E-state index contributed by atoms with van der Waals surface area (Å²) in [4.78, 5) is 3.64. The molecule has 0 saturated carbocycles. The Morgan fingerprint density at radius 3 is 2.83 bits per heavy atom. The SMILES string of the molecule is COc1ccc(CN(Cc2cn[nH]c2-c2cccs2)C[C@@H]2CCCO2)cc1OC. The molecule has 1 aromatic carbocycles. The number of aromatic nitrogens is 2. The van der Waals surface area contributed by atoms with Crippen molar-refractivity contribution in [1.82, 2.24) is 15.1 Å². The number of thiophene rings is 1. The average molecular weight is 414 g/mol. The number of hydrogen-bond donors (Lipinski definition) is 1. The van der Waals surface area contributed by atoms with E-state index in [0.717, 1.165) is 56.3 Å². The van der Waals surface area contributed by atoms with E-state index in [0.29, 0.717) is 0 Å². The molecule has 0 unspecified atom stereocenters. The van der Waals surface area contributed by atoms with E-state index in [1.54, 1.807) is 25.6 Å². The van der Waals surface area contributed by atoms with Crippen LogP contribution < -0.4 is 9.47 Å². The lowest BCUT2D eigenvalue weighted by atomic mass is 10.1. The number of aromatic amines is 1. The van der Waals surface area contributed by atoms with E-state index in [4.69, 9.17) is 14.2 Å². The number of H-pyrrole nitrogens is 1. The maximum absolute atomic E-state index is 5.92. The van der Waals surface area contributed by atoms with Crippen LogP contribution in [0.25, 0.3) is 10.6 Å². The number of ether oxygens (including phenoxy) is 3. The molecule has 0 bridgehead atoms. The lowest BCUT2D eigenvalue weighted by Crippen LogP contribution is -2.31. The number of hydrogen-bond acceptors (Lipinski definition) is 6. The third-order valence-electron chi connectivity index (χ3n) is 5.22. The minimum Gasteiger partial charge on any atom is -0.493 e. The molecule has 1 atom stereocenters. The van der Waals surface area contributed by atoms with Crippen molar-refractivity contribution in [2.45, 2.75) is 32.0 Å². The molecular formula is C22H27N3O3S. The largest absolute Gasteiger partial charge is 0.493 e. The first-order valence-electron chi connectivity index (χ1n) is 9.88. The summed E-state index contributed by atoms with van der Waals surface area (Å²) in [5.41, 5.74) is 3.48. The van der Waals surface area contributed by atoms with E-state index in [-0.39, 0.29) is 6.10 Å². The van der Waals surface area contributed by atoms with Crippen LogP contribution in [-0.2, 0) is 17.8 Å². The van der Waals surface area contributed by atoms with Gasteiger partial charge in [-0.05, 0) is 42.0 Å². The molecule has 1 fully saturated rings. The van der Waals surface area contributed by atoms with Gasteiger partial charge in [-0.25, -0.2) is 0 Å². The number of nitrogens with zero attached hydrogens (tertiary/aromatic N) is 2. The normalized spacial score (nSPS) is 16.4. The highest BCUT2D eigenvalue weighted by Crippen LogP contribution is 2.30. The minimum absolute atomic E-state index is 0.284. The maximum Gasteiger partial charge on any atom is 0.161 e. The molecule has 1 N–H and O–H groups in total. The van der Waals surface area contributed by atoms with Gasteiger partial charge in [0.15, 0.2) is 11.5 Å². The van der Waals surface area contributed by atoms with Gasteiger partial charge < -0.3 is 14.2 Å². The van der Waals surface area contributed by atoms with Gasteiger partial charge in [-0.2, -0.15) is 5.10 Å². The van der Waals surface area contributed by atoms with Gasteiger partial charge in [-0.3, -0.25) is 10.00 Å². The average Bonchev–Trinajstić information content (AvgIpc) is 3.50. The molecule has 29 heavy (non-hydrogen) atoms. The van der Waals surface area contributed by atoms with Crippen LogP contribution in [0.15, 0.2) is 41.9 Å². The van der Waals surface area contributed by atoms with Crippen LogP contribution in [-0.4, -0.2) is 48.6 Å². The van der Waals surface area contributed by atoms with Crippen molar-refractivity contribution >= 4 is 11.3 Å². The summed E-state index contributed by atoms with van der Waals surface area (Å²) in [5, 5.41) is 9.57. The number of methoxy groups -OCH3 is 2. The first kappa shape index (κ1) is 19.9. The molecule has 3 aromatic rings. The van der Waals surface area contributed by atoms with Gasteiger partial charge in [0.05, 0.1) is 37.1 Å². The van der Waals surface area contributed by atoms with Crippen molar-refractivity contribution in [2.24, 2.45) is 0 Å². The maximum atomic E-state index is 5.92. The fraction of sp³-hybridized carbons (Fsp3) is 0.409. The Morgan fingerprint density at radius 2 is 2.10 bits per heavy atom. The molecule has 6 nitrogen and oxygen atoms in total. The molecule has 1 aliphatic rings. The second-order valence-corrected chi connectivity index (χ2v) is 8.19. The Kier molecular flexibility index (Phi) is 6.49. The lowest BCUT2D eigenvalue weighted by Gasteiger charge is -2.25. The van der Waals surface area contributed by atoms with Gasteiger partial charge in [0.1, 0.15) is 0 Å². The zero-order valence-electron chi connectivity index (χ0n) is 16.9. The zero-order valence-corrected chi connectivity index (χ0v) is 17.7. The Bertz CT molecular complexity index is 904. The fourth-order valence-corrected chi connectivity index (χ4v) is 4.56. The Balaban J connectivity index is 1.55. The quantitative estimate of drug-likeness (QED) is 0.566. The molecular weight excluding hydrogens is 386 g/mol. The van der Waals surface area contributed by atoms with Crippen LogP contribution in [0, 0.1) is 0 Å². The predicted octanol–water partition coefficient (Wildman–Crippen LogP) is 4.34. The van der Waals surface area contributed by atoms with Crippen LogP contribution >= 0.6 is 11.3 Å². The van der Waals surface area contributed by atoms with Crippen LogP contribution in [0.2, 0.25) is 0 Å². The molecule has 4 rings (SSSR count). The zero-order chi connectivity index (χ0) is 20.1. The van der Waals surface area contributed by atoms with Crippen LogP contribution in [0.1, 0.15) is 24.0 Å². The molecule has 0 aliphatic carbocycles. The van der Waals surface area contributed by atoms with E-state index in [1.165, 1.54) is 16.0 Å². The van der Waals surface area contributed by atoms with Crippen LogP contribution in [0.5, 0.6) is 11.5 Å². The van der Waals surface area contributed by atoms with Gasteiger partial charge in [0.25, 0.3) is 0 Å². The second-order valence-electron chi connectivity index (χ2n) is 7.24. The predicted molar refractivity (Wildman–Crippen MR) is 115 cm³/mol. The standard InChI is InChI=1S/C22H27N3O3S/c1-26-19-8-7-16(11-20(19)27-2)13-25(15-18-5-3-9-28-18)14-17-12-23-24-22(17)21-6-4-10-29-21/h4,6-8,10-12,18H,3,5,9,13-15H2,1-2H3,(H,23,24)/t18-/m0/s1. The Morgan fingerprint density at radius 1 is 1.21 bits per heavy atom. The highest BCUT2D eigenvalue weighted by molar-refractivity contribution is 7.13. The van der Waals surface area contributed by atoms with Gasteiger partial charge in [-0.15, -0.1) is 11.3 Å². The van der Waals surface area contributed by atoms with Gasteiger partial charge >= 0.3 is 0 Å². The highest BCUT2D eigenvalue weighted by atomic mass is 32.1. The van der Waals surface area contributed by atoms with Crippen molar-refractivity contribution in [2.75, 3.05) is 27.4 Å². The highest BCUT2D eigenvalue weighted by Gasteiger charge is 2.21. The van der Waals surface area contributed by atoms with E-state index in [1.807, 2.05) is 12.3 Å². The number of benzene rings is 1. The molecule has 1 aliphatic heterocycles. The van der Waals surface area contributed by atoms with Crippen molar-refractivity contribution in [3.63, 3.8) is 0 Å². The van der Waals surface area contributed by atoms with Gasteiger partial charge in [0.2, 0.25) is 0 Å². The second kappa shape index (κ2) is 9.43. The van der Waals surface area contributed by atoms with E-state index in [2.05, 4.69) is 44.7 Å². The van der Waals surface area contributed by atoms with Crippen LogP contribution in [0.4, 0.5) is 0 Å². The van der Waals surface area contributed by atoms with Gasteiger partial charge in [-0.1, -0.05) is 12.1 Å². The first-order valence-corrected chi connectivity index (χ1v) is 10.8. The smallest absolute Gasteiger partial charge is 0.161 e. The third kappa shape index (κ3) is 4.80. The monoisotopic (exact) mass is 413 g/mol.